The predicted molar refractivity (Wildman–Crippen MR) is 89.9 cm³/mol. The molecule has 0 aliphatic carbocycles. The highest BCUT2D eigenvalue weighted by Gasteiger charge is 2.32. The van der Waals surface area contributed by atoms with E-state index in [1.165, 1.54) is 4.90 Å². The number of aryl methyl sites for hydroxylation is 1. The Kier molecular flexibility index (Phi) is 5.75. The van der Waals surface area contributed by atoms with Crippen LogP contribution in [0, 0.1) is 6.92 Å². The van der Waals surface area contributed by atoms with Crippen LogP contribution in [0.15, 0.2) is 18.2 Å². The van der Waals surface area contributed by atoms with Gasteiger partial charge in [0.1, 0.15) is 12.4 Å². The Morgan fingerprint density at radius 3 is 2.83 bits per heavy atom. The second-order valence-electron chi connectivity index (χ2n) is 5.66. The lowest BCUT2D eigenvalue weighted by Crippen LogP contribution is -2.45. The highest BCUT2D eigenvalue weighted by Crippen LogP contribution is 2.21. The molecule has 1 saturated heterocycles. The number of sulfone groups is 1. The molecular weight excluding hydrogens is 340 g/mol. The molecular formula is C15H21ClN2O4S. The van der Waals surface area contributed by atoms with E-state index in [0.717, 1.165) is 5.56 Å². The summed E-state index contributed by atoms with van der Waals surface area (Å²) >= 11 is 5.94. The van der Waals surface area contributed by atoms with Crippen molar-refractivity contribution in [2.75, 3.05) is 31.7 Å². The molecule has 1 heterocycles. The molecule has 0 bridgehead atoms. The van der Waals surface area contributed by atoms with Crippen LogP contribution in [0.5, 0.6) is 5.75 Å². The maximum absolute atomic E-state index is 12.0. The topological polar surface area (TPSA) is 75.7 Å². The molecule has 6 nitrogen and oxygen atoms in total. The molecule has 2 rings (SSSR count). The molecule has 2 amide bonds. The summed E-state index contributed by atoms with van der Waals surface area (Å²) in [4.78, 5) is 13.5. The van der Waals surface area contributed by atoms with Gasteiger partial charge in [-0.15, -0.1) is 0 Å². The molecule has 1 unspecified atom stereocenters. The Morgan fingerprint density at radius 1 is 1.48 bits per heavy atom. The number of halogens is 1. The first kappa shape index (κ1) is 17.9. The molecule has 128 valence electrons. The zero-order valence-corrected chi connectivity index (χ0v) is 14.8. The van der Waals surface area contributed by atoms with Gasteiger partial charge in [0, 0.05) is 18.1 Å². The van der Waals surface area contributed by atoms with Gasteiger partial charge in [-0.05, 0) is 37.1 Å². The maximum atomic E-state index is 12.0. The first-order chi connectivity index (χ1) is 10.8. The highest BCUT2D eigenvalue weighted by atomic mass is 35.5. The molecule has 1 aromatic rings. The molecule has 0 spiro atoms. The van der Waals surface area contributed by atoms with Crippen LogP contribution in [-0.2, 0) is 9.84 Å². The number of hydrogen-bond donors (Lipinski definition) is 1. The Labute approximate surface area is 141 Å². The minimum absolute atomic E-state index is 0.0392. The van der Waals surface area contributed by atoms with Crippen LogP contribution in [0.4, 0.5) is 4.79 Å². The van der Waals surface area contributed by atoms with Crippen molar-refractivity contribution in [3.8, 4) is 5.75 Å². The lowest BCUT2D eigenvalue weighted by Gasteiger charge is -2.23. The third-order valence-electron chi connectivity index (χ3n) is 3.85. The van der Waals surface area contributed by atoms with Crippen molar-refractivity contribution in [2.24, 2.45) is 0 Å². The van der Waals surface area contributed by atoms with E-state index in [1.807, 2.05) is 13.0 Å². The largest absolute Gasteiger partial charge is 0.492 e. The highest BCUT2D eigenvalue weighted by molar-refractivity contribution is 7.91. The van der Waals surface area contributed by atoms with Gasteiger partial charge in [-0.25, -0.2) is 13.2 Å². The summed E-state index contributed by atoms with van der Waals surface area (Å²) in [6, 6.07) is 4.83. The molecule has 1 atom stereocenters. The maximum Gasteiger partial charge on any atom is 0.317 e. The molecule has 8 heteroatoms. The Hall–Kier alpha value is -1.47. The number of nitrogens with zero attached hydrogens (tertiary/aromatic N) is 1. The summed E-state index contributed by atoms with van der Waals surface area (Å²) in [5.74, 6) is 0.877. The van der Waals surface area contributed by atoms with E-state index in [9.17, 15) is 13.2 Å². The number of nitrogens with one attached hydrogen (secondary N) is 1. The van der Waals surface area contributed by atoms with Gasteiger partial charge in [-0.1, -0.05) is 11.6 Å². The van der Waals surface area contributed by atoms with Crippen molar-refractivity contribution in [3.05, 3.63) is 28.8 Å². The monoisotopic (exact) mass is 360 g/mol. The van der Waals surface area contributed by atoms with E-state index < -0.39 is 9.84 Å². The van der Waals surface area contributed by atoms with Crippen LogP contribution in [0.25, 0.3) is 0 Å². The van der Waals surface area contributed by atoms with Crippen molar-refractivity contribution in [1.29, 1.82) is 0 Å². The van der Waals surface area contributed by atoms with Crippen LogP contribution in [-0.4, -0.2) is 57.1 Å². The summed E-state index contributed by atoms with van der Waals surface area (Å²) in [5, 5.41) is 3.40. The second kappa shape index (κ2) is 7.40. The minimum Gasteiger partial charge on any atom is -0.492 e. The van der Waals surface area contributed by atoms with Gasteiger partial charge < -0.3 is 15.0 Å². The SMILES string of the molecule is Cc1cc(OCCNC(=O)N(C)C2CCS(=O)(=O)C2)ccc1Cl. The number of hydrogen-bond acceptors (Lipinski definition) is 4. The van der Waals surface area contributed by atoms with E-state index in [2.05, 4.69) is 5.32 Å². The van der Waals surface area contributed by atoms with Crippen LogP contribution in [0.2, 0.25) is 5.02 Å². The number of ether oxygens (including phenoxy) is 1. The van der Waals surface area contributed by atoms with E-state index in [-0.39, 0.29) is 23.6 Å². The summed E-state index contributed by atoms with van der Waals surface area (Å²) < 4.78 is 28.4. The molecule has 23 heavy (non-hydrogen) atoms. The average Bonchev–Trinajstić information content (AvgIpc) is 2.86. The molecule has 1 aliphatic heterocycles. The van der Waals surface area contributed by atoms with Crippen molar-refractivity contribution in [3.63, 3.8) is 0 Å². The fraction of sp³-hybridized carbons (Fsp3) is 0.533. The van der Waals surface area contributed by atoms with Crippen LogP contribution in [0.3, 0.4) is 0 Å². The van der Waals surface area contributed by atoms with Crippen molar-refractivity contribution < 1.29 is 17.9 Å². The van der Waals surface area contributed by atoms with Crippen molar-refractivity contribution in [2.45, 2.75) is 19.4 Å². The predicted octanol–water partition coefficient (Wildman–Crippen LogP) is 1.86. The van der Waals surface area contributed by atoms with E-state index in [1.54, 1.807) is 19.2 Å². The zero-order valence-electron chi connectivity index (χ0n) is 13.2. The van der Waals surface area contributed by atoms with Gasteiger partial charge in [-0.3, -0.25) is 0 Å². The number of amides is 2. The van der Waals surface area contributed by atoms with Crippen LogP contribution in [0.1, 0.15) is 12.0 Å². The second-order valence-corrected chi connectivity index (χ2v) is 8.30. The average molecular weight is 361 g/mol. The number of carbonyl (C=O) groups excluding carboxylic acids is 1. The van der Waals surface area contributed by atoms with Crippen molar-refractivity contribution in [1.82, 2.24) is 10.2 Å². The summed E-state index contributed by atoms with van der Waals surface area (Å²) in [6.45, 7) is 2.55. The van der Waals surface area contributed by atoms with Gasteiger partial charge in [0.2, 0.25) is 0 Å². The third kappa shape index (κ3) is 5.00. The van der Waals surface area contributed by atoms with E-state index >= 15 is 0 Å². The smallest absolute Gasteiger partial charge is 0.317 e. The third-order valence-corrected chi connectivity index (χ3v) is 6.03. The van der Waals surface area contributed by atoms with Crippen molar-refractivity contribution >= 4 is 27.5 Å². The molecule has 0 radical (unpaired) electrons. The first-order valence-corrected chi connectivity index (χ1v) is 9.58. The fourth-order valence-corrected chi connectivity index (χ4v) is 4.30. The zero-order chi connectivity index (χ0) is 17.0. The summed E-state index contributed by atoms with van der Waals surface area (Å²) in [7, 11) is -1.38. The lowest BCUT2D eigenvalue weighted by molar-refractivity contribution is 0.192. The van der Waals surface area contributed by atoms with E-state index in [0.29, 0.717) is 30.3 Å². The standard InChI is InChI=1S/C15H21ClN2O4S/c1-11-9-13(3-4-14(11)16)22-7-6-17-15(19)18(2)12-5-8-23(20,21)10-12/h3-4,9,12H,5-8,10H2,1-2H3,(H,17,19). The Balaban J connectivity index is 1.73. The number of urea groups is 1. The van der Waals surface area contributed by atoms with Crippen LogP contribution >= 0.6 is 11.6 Å². The number of carbonyl (C=O) groups is 1. The Morgan fingerprint density at radius 2 is 2.22 bits per heavy atom. The van der Waals surface area contributed by atoms with Gasteiger partial charge in [0.25, 0.3) is 0 Å². The minimum atomic E-state index is -3.00. The normalized spacial score (nSPS) is 19.3. The Bertz CT molecular complexity index is 678. The quantitative estimate of drug-likeness (QED) is 0.813. The fourth-order valence-electron chi connectivity index (χ4n) is 2.41. The number of benzene rings is 1. The van der Waals surface area contributed by atoms with Crippen LogP contribution < -0.4 is 10.1 Å². The lowest BCUT2D eigenvalue weighted by atomic mass is 10.2. The number of rotatable bonds is 5. The molecule has 0 aromatic heterocycles. The van der Waals surface area contributed by atoms with Gasteiger partial charge in [0.15, 0.2) is 9.84 Å². The van der Waals surface area contributed by atoms with Gasteiger partial charge >= 0.3 is 6.03 Å². The molecule has 1 fully saturated rings. The van der Waals surface area contributed by atoms with Gasteiger partial charge in [-0.2, -0.15) is 0 Å². The summed E-state index contributed by atoms with van der Waals surface area (Å²) in [6.07, 6.45) is 0.493. The summed E-state index contributed by atoms with van der Waals surface area (Å²) in [5.41, 5.74) is 0.926. The first-order valence-electron chi connectivity index (χ1n) is 7.38. The molecule has 1 aromatic carbocycles. The molecule has 1 N–H and O–H groups in total. The molecule has 0 saturated carbocycles. The molecule has 1 aliphatic rings. The van der Waals surface area contributed by atoms with Gasteiger partial charge in [0.05, 0.1) is 18.1 Å². The van der Waals surface area contributed by atoms with E-state index in [4.69, 9.17) is 16.3 Å².